The van der Waals surface area contributed by atoms with Gasteiger partial charge in [0.15, 0.2) is 0 Å². The Morgan fingerprint density at radius 1 is 0.615 bits per heavy atom. The van der Waals surface area contributed by atoms with Crippen molar-refractivity contribution in [1.82, 2.24) is 0 Å². The Hall–Kier alpha value is -1.79. The molecular formula is C17H10Cl4O5. The summed E-state index contributed by atoms with van der Waals surface area (Å²) in [6.07, 6.45) is 0. The van der Waals surface area contributed by atoms with E-state index in [-0.39, 0.29) is 11.1 Å². The van der Waals surface area contributed by atoms with Crippen LogP contribution in [0.3, 0.4) is 0 Å². The molecule has 0 saturated heterocycles. The lowest BCUT2D eigenvalue weighted by molar-refractivity contribution is -0.133. The van der Waals surface area contributed by atoms with Gasteiger partial charge in [0, 0.05) is 0 Å². The van der Waals surface area contributed by atoms with Crippen LogP contribution in [0.15, 0.2) is 60.7 Å². The zero-order valence-electron chi connectivity index (χ0n) is 12.8. The first-order valence-electron chi connectivity index (χ1n) is 7.01. The van der Waals surface area contributed by atoms with E-state index in [9.17, 15) is 14.4 Å². The van der Waals surface area contributed by atoms with Crippen LogP contribution in [0.5, 0.6) is 0 Å². The van der Waals surface area contributed by atoms with E-state index in [1.807, 2.05) is 0 Å². The van der Waals surface area contributed by atoms with Gasteiger partial charge >= 0.3 is 21.0 Å². The normalized spacial score (nSPS) is 11.5. The maximum Gasteiger partial charge on any atom is 0.341 e. The lowest BCUT2D eigenvalue weighted by Crippen LogP contribution is -2.45. The zero-order chi connectivity index (χ0) is 19.4. The van der Waals surface area contributed by atoms with Crippen LogP contribution in [0.1, 0.15) is 20.7 Å². The molecule has 0 amide bonds. The highest BCUT2D eigenvalue weighted by Crippen LogP contribution is 2.37. The van der Waals surface area contributed by atoms with Crippen LogP contribution in [0.25, 0.3) is 0 Å². The minimum Gasteiger partial charge on any atom is -0.417 e. The van der Waals surface area contributed by atoms with Gasteiger partial charge in [0.05, 0.1) is 11.1 Å². The minimum atomic E-state index is -2.78. The molecule has 2 aromatic carbocycles. The van der Waals surface area contributed by atoms with Crippen LogP contribution in [-0.4, -0.2) is 26.8 Å². The summed E-state index contributed by atoms with van der Waals surface area (Å²) in [7, 11) is 0. The van der Waals surface area contributed by atoms with Crippen LogP contribution < -0.4 is 0 Å². The van der Waals surface area contributed by atoms with Gasteiger partial charge in [-0.05, 0) is 70.7 Å². The summed E-state index contributed by atoms with van der Waals surface area (Å²) in [5.41, 5.74) is 0.170. The zero-order valence-corrected chi connectivity index (χ0v) is 15.9. The molecule has 136 valence electrons. The van der Waals surface area contributed by atoms with Crippen molar-refractivity contribution >= 4 is 64.1 Å². The summed E-state index contributed by atoms with van der Waals surface area (Å²) in [6, 6.07) is 15.3. The lowest BCUT2D eigenvalue weighted by atomic mass is 10.2. The molecule has 5 nitrogen and oxygen atoms in total. The molecule has 0 radical (unpaired) electrons. The molecule has 0 bridgehead atoms. The quantitative estimate of drug-likeness (QED) is 0.492. The largest absolute Gasteiger partial charge is 0.417 e. The van der Waals surface area contributed by atoms with Crippen LogP contribution in [0, 0.1) is 0 Å². The van der Waals surface area contributed by atoms with Gasteiger partial charge in [0.2, 0.25) is 0 Å². The van der Waals surface area contributed by atoms with Crippen LogP contribution in [0.4, 0.5) is 0 Å². The molecule has 0 aromatic heterocycles. The average molecular weight is 436 g/mol. The van der Waals surface area contributed by atoms with Gasteiger partial charge in [0.25, 0.3) is 5.78 Å². The summed E-state index contributed by atoms with van der Waals surface area (Å²) >= 11 is 23.0. The summed E-state index contributed by atoms with van der Waals surface area (Å²) in [4.78, 5) is 36.3. The summed E-state index contributed by atoms with van der Waals surface area (Å²) in [5.74, 6) is -3.45. The van der Waals surface area contributed by atoms with Crippen molar-refractivity contribution in [3.8, 4) is 0 Å². The first-order chi connectivity index (χ1) is 12.1. The van der Waals surface area contributed by atoms with Gasteiger partial charge in [-0.2, -0.15) is 0 Å². The second kappa shape index (κ2) is 8.27. The Morgan fingerprint density at radius 2 is 0.923 bits per heavy atom. The monoisotopic (exact) mass is 434 g/mol. The summed E-state index contributed by atoms with van der Waals surface area (Å²) < 4.78 is 3.91. The third-order valence-electron chi connectivity index (χ3n) is 2.99. The number of hydrogen-bond donors (Lipinski definition) is 0. The van der Waals surface area contributed by atoms with Gasteiger partial charge in [-0.25, -0.2) is 9.59 Å². The summed E-state index contributed by atoms with van der Waals surface area (Å²) in [6.45, 7) is 0. The number of rotatable bonds is 6. The van der Waals surface area contributed by atoms with E-state index in [0.717, 1.165) is 0 Å². The van der Waals surface area contributed by atoms with Gasteiger partial charge in [-0.15, -0.1) is 0 Å². The van der Waals surface area contributed by atoms with Crippen molar-refractivity contribution in [3.63, 3.8) is 0 Å². The molecule has 0 fully saturated rings. The SMILES string of the molecule is O=C(OC(Cl)(Cl)C(=O)C(Cl)(Cl)OC(=O)c1ccccc1)c1ccccc1. The van der Waals surface area contributed by atoms with Gasteiger partial charge in [-0.1, -0.05) is 36.4 Å². The van der Waals surface area contributed by atoms with E-state index in [2.05, 4.69) is 0 Å². The van der Waals surface area contributed by atoms with E-state index < -0.39 is 26.8 Å². The molecule has 2 aromatic rings. The van der Waals surface area contributed by atoms with E-state index >= 15 is 0 Å². The van der Waals surface area contributed by atoms with Crippen molar-refractivity contribution in [3.05, 3.63) is 71.8 Å². The number of carbonyl (C=O) groups is 3. The molecule has 26 heavy (non-hydrogen) atoms. The minimum absolute atomic E-state index is 0.0852. The molecule has 0 N–H and O–H groups in total. The van der Waals surface area contributed by atoms with E-state index in [4.69, 9.17) is 55.9 Å². The van der Waals surface area contributed by atoms with E-state index in [0.29, 0.717) is 0 Å². The number of hydrogen-bond acceptors (Lipinski definition) is 5. The maximum absolute atomic E-state index is 12.3. The first-order valence-corrected chi connectivity index (χ1v) is 8.52. The van der Waals surface area contributed by atoms with E-state index in [1.54, 1.807) is 36.4 Å². The van der Waals surface area contributed by atoms with Gasteiger partial charge in [0.1, 0.15) is 0 Å². The fraction of sp³-hybridized carbons (Fsp3) is 0.118. The number of alkyl halides is 4. The molecule has 0 atom stereocenters. The molecule has 0 aliphatic carbocycles. The van der Waals surface area contributed by atoms with Gasteiger partial charge < -0.3 is 9.47 Å². The fourth-order valence-corrected chi connectivity index (χ4v) is 2.77. The molecular weight excluding hydrogens is 426 g/mol. The number of ether oxygens (including phenoxy) is 2. The third-order valence-corrected chi connectivity index (χ3v) is 3.98. The number of benzene rings is 2. The van der Waals surface area contributed by atoms with E-state index in [1.165, 1.54) is 24.3 Å². The van der Waals surface area contributed by atoms with Crippen LogP contribution in [-0.2, 0) is 14.3 Å². The first kappa shape index (κ1) is 20.5. The Morgan fingerprint density at radius 3 is 1.23 bits per heavy atom. The molecule has 9 heteroatoms. The number of halogens is 4. The highest BCUT2D eigenvalue weighted by atomic mass is 35.5. The Labute approximate surface area is 168 Å². The molecule has 0 unspecified atom stereocenters. The fourth-order valence-electron chi connectivity index (χ4n) is 1.76. The second-order valence-corrected chi connectivity index (χ2v) is 7.39. The molecule has 0 heterocycles. The van der Waals surface area contributed by atoms with Crippen molar-refractivity contribution in [2.24, 2.45) is 0 Å². The predicted molar refractivity (Wildman–Crippen MR) is 97.6 cm³/mol. The Balaban J connectivity index is 2.11. The number of carbonyl (C=O) groups excluding carboxylic acids is 3. The topological polar surface area (TPSA) is 69.7 Å². The molecule has 0 saturated carbocycles. The predicted octanol–water partition coefficient (Wildman–Crippen LogP) is 4.53. The molecule has 2 rings (SSSR count). The van der Waals surface area contributed by atoms with Crippen molar-refractivity contribution in [1.29, 1.82) is 0 Å². The van der Waals surface area contributed by atoms with Crippen molar-refractivity contribution in [2.45, 2.75) is 9.04 Å². The van der Waals surface area contributed by atoms with Gasteiger partial charge in [-0.3, -0.25) is 4.79 Å². The smallest absolute Gasteiger partial charge is 0.341 e. The number of Topliss-reactive ketones (excluding diaryl/α,β-unsaturated/α-hetero) is 1. The Bertz CT molecular complexity index is 739. The highest BCUT2D eigenvalue weighted by molar-refractivity contribution is 6.67. The van der Waals surface area contributed by atoms with Crippen LogP contribution in [0.2, 0.25) is 0 Å². The Kier molecular flexibility index (Phi) is 6.53. The van der Waals surface area contributed by atoms with Crippen molar-refractivity contribution in [2.75, 3.05) is 0 Å². The lowest BCUT2D eigenvalue weighted by Gasteiger charge is -2.25. The average Bonchev–Trinajstić information content (AvgIpc) is 2.61. The third kappa shape index (κ3) is 5.11. The summed E-state index contributed by atoms with van der Waals surface area (Å²) in [5, 5.41) is 0. The van der Waals surface area contributed by atoms with Crippen LogP contribution >= 0.6 is 46.4 Å². The number of esters is 2. The molecule has 0 spiro atoms. The number of ketones is 1. The molecule has 0 aliphatic heterocycles. The highest BCUT2D eigenvalue weighted by Gasteiger charge is 2.53. The standard InChI is InChI=1S/C17H10Cl4O5/c18-16(19,25-13(22)11-7-3-1-4-8-11)15(24)17(20,21)26-14(23)12-9-5-2-6-10-12/h1-10H. The second-order valence-electron chi connectivity index (χ2n) is 4.87. The van der Waals surface area contributed by atoms with Crippen molar-refractivity contribution < 1.29 is 23.9 Å². The maximum atomic E-state index is 12.3. The molecule has 0 aliphatic rings.